The maximum atomic E-state index is 3.78. The van der Waals surface area contributed by atoms with Crippen LogP contribution in [0.2, 0.25) is 0 Å². The Labute approximate surface area is 135 Å². The standard InChI is InChI=1S/C8H8.C5H5N.2C4H6/c1-2-8-6-4-3-5-7-8;1-2-4-6-5-3-1;2*1-3-4-2/h2-7H,1H2;1-5H;2*3-4H,1-2H2. The van der Waals surface area contributed by atoms with E-state index in [-0.39, 0.29) is 0 Å². The molecule has 1 aromatic heterocycles. The van der Waals surface area contributed by atoms with Gasteiger partial charge in [-0.15, -0.1) is 0 Å². The first-order valence-electron chi connectivity index (χ1n) is 6.76. The molecule has 2 aromatic rings. The average molecular weight is 291 g/mol. The van der Waals surface area contributed by atoms with Crippen LogP contribution in [0.15, 0.2) is 118 Å². The van der Waals surface area contributed by atoms with Crippen molar-refractivity contribution in [3.05, 3.63) is 124 Å². The maximum Gasteiger partial charge on any atom is 0.0267 e. The third-order valence-electron chi connectivity index (χ3n) is 1.94. The summed E-state index contributed by atoms with van der Waals surface area (Å²) in [5, 5.41) is 0. The first kappa shape index (κ1) is 21.4. The Balaban J connectivity index is 0. The summed E-state index contributed by atoms with van der Waals surface area (Å²) in [6.45, 7) is 17.1. The van der Waals surface area contributed by atoms with E-state index in [9.17, 15) is 0 Å². The van der Waals surface area contributed by atoms with Gasteiger partial charge in [-0.2, -0.15) is 0 Å². The Kier molecular flexibility index (Phi) is 19.8. The van der Waals surface area contributed by atoms with E-state index >= 15 is 0 Å². The summed E-state index contributed by atoms with van der Waals surface area (Å²) in [6, 6.07) is 15.7. The molecule has 0 saturated heterocycles. The molecule has 0 fully saturated rings. The second-order valence-corrected chi connectivity index (χ2v) is 3.58. The summed E-state index contributed by atoms with van der Waals surface area (Å²) in [7, 11) is 0. The van der Waals surface area contributed by atoms with E-state index in [0.29, 0.717) is 0 Å². The van der Waals surface area contributed by atoms with Crippen LogP contribution >= 0.6 is 0 Å². The van der Waals surface area contributed by atoms with Crippen molar-refractivity contribution in [1.82, 2.24) is 4.98 Å². The van der Waals surface area contributed by atoms with E-state index in [4.69, 9.17) is 0 Å². The minimum absolute atomic E-state index is 1.17. The normalized spacial score (nSPS) is 7.09. The Morgan fingerprint density at radius 2 is 1.00 bits per heavy atom. The van der Waals surface area contributed by atoms with Crippen LogP contribution in [-0.2, 0) is 0 Å². The maximum absolute atomic E-state index is 3.78. The second-order valence-electron chi connectivity index (χ2n) is 3.58. The van der Waals surface area contributed by atoms with E-state index in [0.717, 1.165) is 0 Å². The lowest BCUT2D eigenvalue weighted by Gasteiger charge is -1.85. The van der Waals surface area contributed by atoms with Crippen molar-refractivity contribution >= 4 is 6.08 Å². The molecule has 0 bridgehead atoms. The highest BCUT2D eigenvalue weighted by Crippen LogP contribution is 1.97. The van der Waals surface area contributed by atoms with Gasteiger partial charge in [0.2, 0.25) is 0 Å². The van der Waals surface area contributed by atoms with Crippen LogP contribution in [-0.4, -0.2) is 4.98 Å². The summed E-state index contributed by atoms with van der Waals surface area (Å²) in [5.74, 6) is 0. The Bertz CT molecular complexity index is 447. The Morgan fingerprint density at radius 1 is 0.591 bits per heavy atom. The van der Waals surface area contributed by atoms with Crippen molar-refractivity contribution in [2.24, 2.45) is 0 Å². The lowest BCUT2D eigenvalue weighted by atomic mass is 10.2. The Morgan fingerprint density at radius 3 is 1.18 bits per heavy atom. The molecule has 1 heterocycles. The van der Waals surface area contributed by atoms with Gasteiger partial charge < -0.3 is 0 Å². The van der Waals surface area contributed by atoms with Gasteiger partial charge in [-0.3, -0.25) is 4.98 Å². The van der Waals surface area contributed by atoms with Gasteiger partial charge in [-0.1, -0.05) is 99.7 Å². The van der Waals surface area contributed by atoms with E-state index in [1.165, 1.54) is 5.56 Å². The summed E-state index contributed by atoms with van der Waals surface area (Å²) >= 11 is 0. The molecule has 0 saturated carbocycles. The molecule has 1 heteroatoms. The molecule has 0 aliphatic rings. The van der Waals surface area contributed by atoms with Crippen LogP contribution in [0, 0.1) is 0 Å². The van der Waals surface area contributed by atoms with E-state index < -0.39 is 0 Å². The fourth-order valence-corrected chi connectivity index (χ4v) is 0.902. The zero-order valence-electron chi connectivity index (χ0n) is 13.1. The second kappa shape index (κ2) is 20.4. The molecule has 0 atom stereocenters. The lowest BCUT2D eigenvalue weighted by Crippen LogP contribution is -1.63. The third kappa shape index (κ3) is 19.4. The molecule has 1 aromatic carbocycles. The van der Waals surface area contributed by atoms with Gasteiger partial charge in [0.1, 0.15) is 0 Å². The molecule has 0 N–H and O–H groups in total. The van der Waals surface area contributed by atoms with Gasteiger partial charge in [-0.05, 0) is 17.7 Å². The number of nitrogens with zero attached hydrogens (tertiary/aromatic N) is 1. The molecule has 1 nitrogen and oxygen atoms in total. The molecular weight excluding hydrogens is 266 g/mol. The molecule has 0 aliphatic heterocycles. The fourth-order valence-electron chi connectivity index (χ4n) is 0.902. The molecule has 114 valence electrons. The number of pyridine rings is 1. The largest absolute Gasteiger partial charge is 0.265 e. The van der Waals surface area contributed by atoms with Crippen LogP contribution in [0.25, 0.3) is 6.08 Å². The van der Waals surface area contributed by atoms with Crippen LogP contribution < -0.4 is 0 Å². The molecule has 0 spiro atoms. The SMILES string of the molecule is C=CC=C.C=CC=C.C=Cc1ccccc1.c1ccncc1. The van der Waals surface area contributed by atoms with E-state index in [1.54, 1.807) is 36.7 Å². The average Bonchev–Trinajstić information content (AvgIpc) is 2.64. The van der Waals surface area contributed by atoms with Crippen LogP contribution in [0.1, 0.15) is 5.56 Å². The van der Waals surface area contributed by atoms with Crippen molar-refractivity contribution in [2.45, 2.75) is 0 Å². The van der Waals surface area contributed by atoms with Gasteiger partial charge >= 0.3 is 0 Å². The molecule has 0 amide bonds. The molecule has 0 radical (unpaired) electrons. The third-order valence-corrected chi connectivity index (χ3v) is 1.94. The fraction of sp³-hybridized carbons (Fsp3) is 0. The number of allylic oxidation sites excluding steroid dienone is 4. The van der Waals surface area contributed by atoms with E-state index in [2.05, 4.69) is 37.9 Å². The topological polar surface area (TPSA) is 12.9 Å². The number of aromatic nitrogens is 1. The summed E-state index contributed by atoms with van der Waals surface area (Å²) in [6.07, 6.45) is 11.9. The molecule has 22 heavy (non-hydrogen) atoms. The van der Waals surface area contributed by atoms with Gasteiger partial charge in [-0.25, -0.2) is 0 Å². The van der Waals surface area contributed by atoms with Crippen molar-refractivity contribution in [3.8, 4) is 0 Å². The summed E-state index contributed by atoms with van der Waals surface area (Å²) in [5.41, 5.74) is 1.17. The van der Waals surface area contributed by atoms with Crippen LogP contribution in [0.3, 0.4) is 0 Å². The molecule has 2 rings (SSSR count). The number of benzene rings is 1. The predicted molar refractivity (Wildman–Crippen MR) is 102 cm³/mol. The molecule has 0 aliphatic carbocycles. The summed E-state index contributed by atoms with van der Waals surface area (Å²) in [4.78, 5) is 3.78. The van der Waals surface area contributed by atoms with Crippen LogP contribution in [0.5, 0.6) is 0 Å². The molecule has 0 unspecified atom stereocenters. The smallest absolute Gasteiger partial charge is 0.0267 e. The van der Waals surface area contributed by atoms with E-state index in [1.807, 2.05) is 54.6 Å². The van der Waals surface area contributed by atoms with Crippen molar-refractivity contribution in [3.63, 3.8) is 0 Å². The number of rotatable bonds is 3. The number of hydrogen-bond acceptors (Lipinski definition) is 1. The molecular formula is C21H25N. The Hall–Kier alpha value is -2.93. The highest BCUT2D eigenvalue weighted by Gasteiger charge is 1.75. The quantitative estimate of drug-likeness (QED) is 0.620. The lowest BCUT2D eigenvalue weighted by molar-refractivity contribution is 1.33. The van der Waals surface area contributed by atoms with Crippen molar-refractivity contribution < 1.29 is 0 Å². The van der Waals surface area contributed by atoms with Crippen molar-refractivity contribution in [2.75, 3.05) is 0 Å². The van der Waals surface area contributed by atoms with Gasteiger partial charge in [0.25, 0.3) is 0 Å². The van der Waals surface area contributed by atoms with Crippen LogP contribution in [0.4, 0.5) is 0 Å². The highest BCUT2D eigenvalue weighted by molar-refractivity contribution is 5.45. The van der Waals surface area contributed by atoms with Gasteiger partial charge in [0.05, 0.1) is 0 Å². The predicted octanol–water partition coefficient (Wildman–Crippen LogP) is 6.13. The van der Waals surface area contributed by atoms with Gasteiger partial charge in [0.15, 0.2) is 0 Å². The first-order valence-corrected chi connectivity index (χ1v) is 6.76. The first-order chi connectivity index (χ1) is 10.8. The monoisotopic (exact) mass is 291 g/mol. The van der Waals surface area contributed by atoms with Crippen molar-refractivity contribution in [1.29, 1.82) is 0 Å². The summed E-state index contributed by atoms with van der Waals surface area (Å²) < 4.78 is 0. The minimum Gasteiger partial charge on any atom is -0.265 e. The zero-order chi connectivity index (χ0) is 16.9. The number of hydrogen-bond donors (Lipinski definition) is 0. The highest BCUT2D eigenvalue weighted by atomic mass is 14.6. The zero-order valence-corrected chi connectivity index (χ0v) is 13.1. The van der Waals surface area contributed by atoms with Gasteiger partial charge in [0, 0.05) is 12.4 Å². The minimum atomic E-state index is 1.17.